The van der Waals surface area contributed by atoms with Gasteiger partial charge >= 0.3 is 5.97 Å². The maximum Gasteiger partial charge on any atom is 0.309 e. The quantitative estimate of drug-likeness (QED) is 0.613. The van der Waals surface area contributed by atoms with Crippen LogP contribution in [-0.2, 0) is 9.53 Å². The molecule has 5 atom stereocenters. The lowest BCUT2D eigenvalue weighted by atomic mass is 9.44. The maximum absolute atomic E-state index is 12.1. The monoisotopic (exact) mass is 264 g/mol. The molecule has 0 radical (unpaired) electrons. The molecule has 0 bridgehead atoms. The molecule has 2 nitrogen and oxygen atoms in total. The first-order valence-electron chi connectivity index (χ1n) is 7.94. The molecule has 3 rings (SSSR count). The SMILES string of the molecule is C[C@H]1C(=O)O[C@]2(C)CC[C@H]3C(C)(C)CCC[C@]3(C)[C@@H]12. The average molecular weight is 264 g/mol. The van der Waals surface area contributed by atoms with Crippen LogP contribution < -0.4 is 0 Å². The summed E-state index contributed by atoms with van der Waals surface area (Å²) in [6.07, 6.45) is 6.17. The van der Waals surface area contributed by atoms with Crippen LogP contribution in [0.2, 0.25) is 0 Å². The molecule has 3 aliphatic rings. The molecular weight excluding hydrogens is 236 g/mol. The number of ether oxygens (including phenoxy) is 1. The fourth-order valence-corrected chi connectivity index (χ4v) is 6.22. The fraction of sp³-hybridized carbons (Fsp3) is 0.941. The Morgan fingerprint density at radius 2 is 1.79 bits per heavy atom. The summed E-state index contributed by atoms with van der Waals surface area (Å²) in [4.78, 5) is 12.1. The molecule has 0 spiro atoms. The summed E-state index contributed by atoms with van der Waals surface area (Å²) in [5.74, 6) is 1.26. The smallest absolute Gasteiger partial charge is 0.309 e. The van der Waals surface area contributed by atoms with Crippen molar-refractivity contribution >= 4 is 5.97 Å². The van der Waals surface area contributed by atoms with Gasteiger partial charge in [0, 0.05) is 5.92 Å². The van der Waals surface area contributed by atoms with Crippen LogP contribution in [0.1, 0.15) is 66.7 Å². The van der Waals surface area contributed by atoms with Gasteiger partial charge in [0.05, 0.1) is 5.92 Å². The number of rotatable bonds is 0. The third-order valence-electron chi connectivity index (χ3n) is 6.78. The first-order valence-corrected chi connectivity index (χ1v) is 7.94. The highest BCUT2D eigenvalue weighted by atomic mass is 16.6. The molecular formula is C17H28O2. The zero-order chi connectivity index (χ0) is 14.1. The van der Waals surface area contributed by atoms with Crippen molar-refractivity contribution in [3.63, 3.8) is 0 Å². The van der Waals surface area contributed by atoms with Crippen LogP contribution in [0.5, 0.6) is 0 Å². The summed E-state index contributed by atoms with van der Waals surface area (Å²) >= 11 is 0. The summed E-state index contributed by atoms with van der Waals surface area (Å²) in [6.45, 7) is 11.6. The summed E-state index contributed by atoms with van der Waals surface area (Å²) in [5, 5.41) is 0. The lowest BCUT2D eigenvalue weighted by Gasteiger charge is -2.60. The lowest BCUT2D eigenvalue weighted by molar-refractivity contribution is -0.165. The summed E-state index contributed by atoms with van der Waals surface area (Å²) < 4.78 is 5.81. The normalized spacial score (nSPS) is 52.3. The van der Waals surface area contributed by atoms with Gasteiger partial charge < -0.3 is 4.74 Å². The Balaban J connectivity index is 2.05. The zero-order valence-electron chi connectivity index (χ0n) is 13.1. The molecule has 0 aromatic heterocycles. The topological polar surface area (TPSA) is 26.3 Å². The van der Waals surface area contributed by atoms with E-state index in [1.165, 1.54) is 25.7 Å². The Labute approximate surface area is 117 Å². The molecule has 2 heteroatoms. The van der Waals surface area contributed by atoms with Crippen molar-refractivity contribution in [3.05, 3.63) is 0 Å². The summed E-state index contributed by atoms with van der Waals surface area (Å²) in [7, 11) is 0. The molecule has 0 unspecified atom stereocenters. The van der Waals surface area contributed by atoms with E-state index in [9.17, 15) is 4.79 Å². The van der Waals surface area contributed by atoms with Gasteiger partial charge in [0.15, 0.2) is 0 Å². The van der Waals surface area contributed by atoms with Crippen molar-refractivity contribution in [2.24, 2.45) is 28.6 Å². The largest absolute Gasteiger partial charge is 0.459 e. The summed E-state index contributed by atoms with van der Waals surface area (Å²) in [5.41, 5.74) is 0.495. The average Bonchev–Trinajstić information content (AvgIpc) is 2.49. The first kappa shape index (κ1) is 13.5. The molecule has 0 aromatic carbocycles. The van der Waals surface area contributed by atoms with Gasteiger partial charge in [0.2, 0.25) is 0 Å². The van der Waals surface area contributed by atoms with Crippen molar-refractivity contribution in [2.75, 3.05) is 0 Å². The highest BCUT2D eigenvalue weighted by Gasteiger charge is 2.65. The van der Waals surface area contributed by atoms with Crippen LogP contribution in [-0.4, -0.2) is 11.6 Å². The van der Waals surface area contributed by atoms with E-state index in [2.05, 4.69) is 34.6 Å². The van der Waals surface area contributed by atoms with Gasteiger partial charge in [0.25, 0.3) is 0 Å². The Morgan fingerprint density at radius 3 is 2.47 bits per heavy atom. The van der Waals surface area contributed by atoms with Gasteiger partial charge in [-0.15, -0.1) is 0 Å². The van der Waals surface area contributed by atoms with E-state index in [1.807, 2.05) is 0 Å². The van der Waals surface area contributed by atoms with Crippen LogP contribution >= 0.6 is 0 Å². The molecule has 1 aliphatic heterocycles. The van der Waals surface area contributed by atoms with Crippen molar-refractivity contribution in [2.45, 2.75) is 72.3 Å². The number of fused-ring (bicyclic) bond motifs is 3. The number of carbonyl (C=O) groups excluding carboxylic acids is 1. The van der Waals surface area contributed by atoms with Crippen LogP contribution in [0.4, 0.5) is 0 Å². The van der Waals surface area contributed by atoms with E-state index in [4.69, 9.17) is 4.74 Å². The van der Waals surface area contributed by atoms with Crippen molar-refractivity contribution in [1.29, 1.82) is 0 Å². The maximum atomic E-state index is 12.1. The highest BCUT2D eigenvalue weighted by molar-refractivity contribution is 5.76. The molecule has 19 heavy (non-hydrogen) atoms. The molecule has 0 N–H and O–H groups in total. The van der Waals surface area contributed by atoms with Crippen LogP contribution in [0.15, 0.2) is 0 Å². The Kier molecular flexibility index (Phi) is 2.67. The minimum absolute atomic E-state index is 0.0396. The first-order chi connectivity index (χ1) is 8.71. The van der Waals surface area contributed by atoms with Gasteiger partial charge in [-0.05, 0) is 49.4 Å². The fourth-order valence-electron chi connectivity index (χ4n) is 6.22. The number of hydrogen-bond acceptors (Lipinski definition) is 2. The molecule has 1 heterocycles. The lowest BCUT2D eigenvalue weighted by Crippen LogP contribution is -2.57. The number of hydrogen-bond donors (Lipinski definition) is 0. The van der Waals surface area contributed by atoms with Crippen LogP contribution in [0.3, 0.4) is 0 Å². The predicted octanol–water partition coefficient (Wildman–Crippen LogP) is 4.18. The van der Waals surface area contributed by atoms with Crippen molar-refractivity contribution < 1.29 is 9.53 Å². The van der Waals surface area contributed by atoms with Gasteiger partial charge in [-0.3, -0.25) is 4.79 Å². The van der Waals surface area contributed by atoms with E-state index in [1.54, 1.807) is 0 Å². The Bertz CT molecular complexity index is 413. The molecule has 1 saturated heterocycles. The zero-order valence-corrected chi connectivity index (χ0v) is 13.1. The second kappa shape index (κ2) is 3.77. The molecule has 0 aromatic rings. The van der Waals surface area contributed by atoms with Crippen molar-refractivity contribution in [1.82, 2.24) is 0 Å². The van der Waals surface area contributed by atoms with E-state index in [-0.39, 0.29) is 22.9 Å². The van der Waals surface area contributed by atoms with E-state index < -0.39 is 0 Å². The van der Waals surface area contributed by atoms with Gasteiger partial charge in [-0.2, -0.15) is 0 Å². The van der Waals surface area contributed by atoms with E-state index >= 15 is 0 Å². The van der Waals surface area contributed by atoms with Crippen molar-refractivity contribution in [3.8, 4) is 0 Å². The minimum Gasteiger partial charge on any atom is -0.459 e. The predicted molar refractivity (Wildman–Crippen MR) is 75.6 cm³/mol. The minimum atomic E-state index is -0.199. The van der Waals surface area contributed by atoms with Gasteiger partial charge in [-0.25, -0.2) is 0 Å². The number of esters is 1. The molecule has 2 saturated carbocycles. The standard InChI is InChI=1S/C17H28O2/c1-11-13-16(4)9-6-8-15(2,3)12(16)7-10-17(13,5)19-14(11)18/h11-13H,6-10H2,1-5H3/t11-,12+,13-,16+,17-/m1/s1. The molecule has 0 amide bonds. The third kappa shape index (κ3) is 1.64. The highest BCUT2D eigenvalue weighted by Crippen LogP contribution is 2.66. The number of carbonyl (C=O) groups is 1. The second-order valence-corrected chi connectivity index (χ2v) is 8.44. The molecule has 2 aliphatic carbocycles. The van der Waals surface area contributed by atoms with Gasteiger partial charge in [0.1, 0.15) is 5.60 Å². The van der Waals surface area contributed by atoms with Crippen LogP contribution in [0.25, 0.3) is 0 Å². The van der Waals surface area contributed by atoms with E-state index in [0.29, 0.717) is 11.3 Å². The summed E-state index contributed by atoms with van der Waals surface area (Å²) in [6, 6.07) is 0. The van der Waals surface area contributed by atoms with Crippen LogP contribution in [0, 0.1) is 28.6 Å². The molecule has 108 valence electrons. The van der Waals surface area contributed by atoms with E-state index in [0.717, 1.165) is 12.3 Å². The Morgan fingerprint density at radius 1 is 1.11 bits per heavy atom. The van der Waals surface area contributed by atoms with Gasteiger partial charge in [-0.1, -0.05) is 34.1 Å². The second-order valence-electron chi connectivity index (χ2n) is 8.44. The third-order valence-corrected chi connectivity index (χ3v) is 6.78. The Hall–Kier alpha value is -0.530. The molecule has 3 fully saturated rings.